The number of hydrogen-bond acceptors (Lipinski definition) is 11. The molecule has 45 heavy (non-hydrogen) atoms. The van der Waals surface area contributed by atoms with Crippen molar-refractivity contribution in [3.63, 3.8) is 0 Å². The van der Waals surface area contributed by atoms with Crippen molar-refractivity contribution in [1.82, 2.24) is 19.9 Å². The Hall–Kier alpha value is -4.10. The van der Waals surface area contributed by atoms with Crippen molar-refractivity contribution in [1.29, 1.82) is 0 Å². The van der Waals surface area contributed by atoms with Gasteiger partial charge in [-0.05, 0) is 80.4 Å². The van der Waals surface area contributed by atoms with Crippen LogP contribution >= 0.6 is 0 Å². The number of carbonyl (C=O) groups is 3. The Labute approximate surface area is 282 Å². The molecule has 0 bridgehead atoms. The van der Waals surface area contributed by atoms with Gasteiger partial charge in [-0.25, -0.2) is 0 Å². The Morgan fingerprint density at radius 1 is 0.556 bits per heavy atom. The number of hydrogen-bond donors (Lipinski definition) is 0. The number of carboxylic acids is 3. The number of pyridine rings is 4. The Morgan fingerprint density at radius 3 is 0.867 bits per heavy atom. The number of carboxylic acid groups (broad SMARTS) is 3. The average Bonchev–Trinajstić information content (AvgIpc) is 2.94. The van der Waals surface area contributed by atoms with Crippen LogP contribution in [-0.2, 0) is 59.0 Å². The zero-order chi connectivity index (χ0) is 30.9. The van der Waals surface area contributed by atoms with Crippen molar-refractivity contribution in [3.8, 4) is 0 Å². The van der Waals surface area contributed by atoms with Gasteiger partial charge in [-0.2, -0.15) is 0 Å². The van der Waals surface area contributed by atoms with Crippen LogP contribution in [0.1, 0.15) is 57.4 Å². The molecule has 1 radical (unpaired) electrons. The van der Waals surface area contributed by atoms with Gasteiger partial charge in [0.2, 0.25) is 0 Å². The maximum Gasteiger partial charge on any atom is 3.00 e. The minimum Gasteiger partial charge on any atom is -0.870 e. The Morgan fingerprint density at radius 2 is 0.733 bits per heavy atom. The molecule has 3 N–H and O–H groups in total. The van der Waals surface area contributed by atoms with E-state index >= 15 is 0 Å². The third kappa shape index (κ3) is 17.1. The number of rotatable bonds is 6. The third-order valence-electron chi connectivity index (χ3n) is 5.10. The summed E-state index contributed by atoms with van der Waals surface area (Å²) in [6, 6.07) is 23.4. The van der Waals surface area contributed by atoms with Crippen LogP contribution in [0.25, 0.3) is 5.32 Å². The normalized spacial score (nSPS) is 9.36. The molecule has 0 unspecified atom stereocenters. The van der Waals surface area contributed by atoms with Crippen molar-refractivity contribution in [2.75, 3.05) is 0 Å². The number of carbonyl (C=O) groups excluding carboxylic acids is 3. The molecular weight excluding hydrogens is 676 g/mol. The largest absolute Gasteiger partial charge is 3.00 e. The van der Waals surface area contributed by atoms with Crippen molar-refractivity contribution >= 4 is 17.9 Å². The maximum atomic E-state index is 8.89. The molecule has 4 heterocycles. The van der Waals surface area contributed by atoms with Crippen molar-refractivity contribution < 1.29 is 74.2 Å². The summed E-state index contributed by atoms with van der Waals surface area (Å²) in [4.78, 5) is 45.2. The van der Waals surface area contributed by atoms with Gasteiger partial charge >= 0.3 is 33.6 Å². The number of aliphatic carboxylic acids is 3. The van der Waals surface area contributed by atoms with E-state index in [1.54, 1.807) is 24.8 Å². The second-order valence-electron chi connectivity index (χ2n) is 8.59. The van der Waals surface area contributed by atoms with Crippen LogP contribution in [0.2, 0.25) is 0 Å². The zero-order valence-corrected chi connectivity index (χ0v) is 27.1. The SMILES string of the molecule is CC(=O)[O-].CC(=O)[O-].CC(=O)[O-].CC([N-]C(C)(c1ccccn1)c1ccccn1)(c1ccccn1)c1ccccn1.O.[Co+2].[Co+3].[OH-]. The van der Waals surface area contributed by atoms with E-state index in [1.807, 2.05) is 86.6 Å². The van der Waals surface area contributed by atoms with Gasteiger partial charge in [0, 0.05) is 65.5 Å². The number of aromatic nitrogens is 4. The first-order chi connectivity index (χ1) is 19.3. The Kier molecular flexibility index (Phi) is 25.8. The second-order valence-corrected chi connectivity index (χ2v) is 8.59. The molecule has 0 saturated carbocycles. The standard InChI is InChI=1S/C24H22N5.3C2H4O2.2Co.2H2O/c1-23(19-11-3-7-15-25-19,20-12-4-8-16-26-20)29-24(2,21-13-5-9-17-27-21)22-14-6-10-18-28-22;3*1-2(3)4;;;;/h3-18H,1-2H3;3*1H3,(H,3,4);;;2*1H2/q-1;;;;+2;+3;;/p-4. The Bertz CT molecular complexity index is 1150. The summed E-state index contributed by atoms with van der Waals surface area (Å²) in [5, 5.41) is 32.0. The van der Waals surface area contributed by atoms with Crippen LogP contribution in [-0.4, -0.2) is 48.8 Å². The summed E-state index contributed by atoms with van der Waals surface area (Å²) in [5.41, 5.74) is 1.67. The summed E-state index contributed by atoms with van der Waals surface area (Å²) in [7, 11) is 0. The summed E-state index contributed by atoms with van der Waals surface area (Å²) in [5.74, 6) is -3.25. The van der Waals surface area contributed by atoms with Crippen LogP contribution in [0.5, 0.6) is 0 Å². The smallest absolute Gasteiger partial charge is 0.870 e. The predicted octanol–water partition coefficient (Wildman–Crippen LogP) is 0.130. The molecule has 245 valence electrons. The number of nitrogens with zero attached hydrogens (tertiary/aromatic N) is 5. The van der Waals surface area contributed by atoms with Crippen molar-refractivity contribution in [2.24, 2.45) is 0 Å². The molecule has 13 nitrogen and oxygen atoms in total. The molecule has 0 atom stereocenters. The predicted molar refractivity (Wildman–Crippen MR) is 151 cm³/mol. The third-order valence-corrected chi connectivity index (χ3v) is 5.10. The minimum absolute atomic E-state index is 0. The van der Waals surface area contributed by atoms with Gasteiger partial charge in [-0.1, -0.05) is 38.1 Å². The van der Waals surface area contributed by atoms with Crippen molar-refractivity contribution in [3.05, 3.63) is 126 Å². The van der Waals surface area contributed by atoms with Gasteiger partial charge < -0.3 is 46.0 Å². The maximum absolute atomic E-state index is 8.89. The zero-order valence-electron chi connectivity index (χ0n) is 25.0. The summed E-state index contributed by atoms with van der Waals surface area (Å²) in [6.07, 6.45) is 7.13. The fraction of sp³-hybridized carbons (Fsp3) is 0.233. The molecule has 4 aromatic heterocycles. The molecule has 0 aliphatic heterocycles. The van der Waals surface area contributed by atoms with E-state index in [0.29, 0.717) is 0 Å². The van der Waals surface area contributed by atoms with E-state index in [0.717, 1.165) is 43.5 Å². The van der Waals surface area contributed by atoms with Crippen LogP contribution in [0.4, 0.5) is 0 Å². The summed E-state index contributed by atoms with van der Waals surface area (Å²) >= 11 is 0. The molecular formula is C30H34Co2N5O8. The molecule has 0 saturated heterocycles. The van der Waals surface area contributed by atoms with Gasteiger partial charge in [-0.15, -0.1) is 0 Å². The van der Waals surface area contributed by atoms with E-state index in [1.165, 1.54) is 0 Å². The summed E-state index contributed by atoms with van der Waals surface area (Å²) in [6.45, 7) is 7.00. The van der Waals surface area contributed by atoms with Gasteiger partial charge in [0.25, 0.3) is 0 Å². The molecule has 0 amide bonds. The van der Waals surface area contributed by atoms with Crippen molar-refractivity contribution in [2.45, 2.75) is 45.7 Å². The van der Waals surface area contributed by atoms with E-state index in [-0.39, 0.29) is 44.5 Å². The fourth-order valence-corrected chi connectivity index (χ4v) is 3.54. The molecule has 0 fully saturated rings. The van der Waals surface area contributed by atoms with E-state index in [4.69, 9.17) is 35.0 Å². The molecule has 4 rings (SSSR count). The molecule has 0 aliphatic carbocycles. The first-order valence-electron chi connectivity index (χ1n) is 12.3. The van der Waals surface area contributed by atoms with Gasteiger partial charge in [-0.3, -0.25) is 19.9 Å². The Balaban J connectivity index is -0.000000455. The van der Waals surface area contributed by atoms with Crippen LogP contribution in [0, 0.1) is 0 Å². The van der Waals surface area contributed by atoms with Crippen LogP contribution in [0.3, 0.4) is 0 Å². The summed E-state index contributed by atoms with van der Waals surface area (Å²) < 4.78 is 0. The van der Waals surface area contributed by atoms with Crippen LogP contribution in [0.15, 0.2) is 97.6 Å². The van der Waals surface area contributed by atoms with E-state index < -0.39 is 29.0 Å². The quantitative estimate of drug-likeness (QED) is 0.260. The molecule has 0 aliphatic rings. The fourth-order valence-electron chi connectivity index (χ4n) is 3.54. The van der Waals surface area contributed by atoms with Gasteiger partial charge in [0.05, 0.1) is 0 Å². The molecule has 0 spiro atoms. The minimum atomic E-state index is -1.08. The van der Waals surface area contributed by atoms with E-state index in [9.17, 15) is 0 Å². The monoisotopic (exact) mass is 710 g/mol. The molecule has 0 aromatic carbocycles. The van der Waals surface area contributed by atoms with Gasteiger partial charge in [0.15, 0.2) is 0 Å². The molecule has 4 aromatic rings. The van der Waals surface area contributed by atoms with Crippen LogP contribution < -0.4 is 15.3 Å². The second kappa shape index (κ2) is 24.3. The molecule has 15 heteroatoms. The first kappa shape index (κ1) is 47.8. The van der Waals surface area contributed by atoms with Gasteiger partial charge in [0.1, 0.15) is 0 Å². The topological polar surface area (TPSA) is 248 Å². The first-order valence-corrected chi connectivity index (χ1v) is 12.3. The average molecular weight is 710 g/mol. The van der Waals surface area contributed by atoms with E-state index in [2.05, 4.69) is 19.9 Å².